The van der Waals surface area contributed by atoms with Crippen molar-refractivity contribution < 1.29 is 47.5 Å². The first-order valence-electron chi connectivity index (χ1n) is 18.3. The molecule has 0 bridgehead atoms. The lowest BCUT2D eigenvalue weighted by Crippen LogP contribution is -2.20. The number of carbonyl (C=O) groups excluding carboxylic acids is 2. The van der Waals surface area contributed by atoms with Gasteiger partial charge in [-0.3, -0.25) is 0 Å². The summed E-state index contributed by atoms with van der Waals surface area (Å²) >= 11 is 0. The summed E-state index contributed by atoms with van der Waals surface area (Å²) in [4.78, 5) is 30.5. The van der Waals surface area contributed by atoms with Gasteiger partial charge in [-0.25, -0.2) is 14.6 Å². The molecule has 5 aromatic rings. The summed E-state index contributed by atoms with van der Waals surface area (Å²) in [7, 11) is 0. The van der Waals surface area contributed by atoms with Gasteiger partial charge in [0.05, 0.1) is 38.6 Å². The van der Waals surface area contributed by atoms with E-state index in [1.165, 1.54) is 0 Å². The highest BCUT2D eigenvalue weighted by atomic mass is 16.6. The second-order valence-corrected chi connectivity index (χ2v) is 13.6. The molecule has 55 heavy (non-hydrogen) atoms. The van der Waals surface area contributed by atoms with E-state index in [1.54, 1.807) is 43.3 Å². The summed E-state index contributed by atoms with van der Waals surface area (Å²) in [6, 6.07) is 32.9. The van der Waals surface area contributed by atoms with Crippen molar-refractivity contribution in [1.29, 1.82) is 0 Å². The molecule has 0 radical (unpaired) electrons. The summed E-state index contributed by atoms with van der Waals surface area (Å²) in [6.07, 6.45) is 0.374. The van der Waals surface area contributed by atoms with Gasteiger partial charge in [-0.2, -0.15) is 0 Å². The van der Waals surface area contributed by atoms with E-state index in [0.29, 0.717) is 43.5 Å². The van der Waals surface area contributed by atoms with Crippen molar-refractivity contribution >= 4 is 11.9 Å². The van der Waals surface area contributed by atoms with E-state index in [1.807, 2.05) is 86.6 Å². The van der Waals surface area contributed by atoms with Gasteiger partial charge in [0.2, 0.25) is 0 Å². The molecule has 0 amide bonds. The molecule has 284 valence electrons. The van der Waals surface area contributed by atoms with E-state index in [4.69, 9.17) is 37.9 Å². The quantitative estimate of drug-likeness (QED) is 0.0502. The van der Waals surface area contributed by atoms with E-state index in [2.05, 4.69) is 4.98 Å². The Bertz CT molecular complexity index is 1900. The number of carbonyl (C=O) groups is 2. The summed E-state index contributed by atoms with van der Waals surface area (Å²) in [6.45, 7) is 9.31. The molecule has 11 heteroatoms. The van der Waals surface area contributed by atoms with Gasteiger partial charge in [-0.15, -0.1) is 0 Å². The molecule has 7 rings (SSSR count). The summed E-state index contributed by atoms with van der Waals surface area (Å²) in [5, 5.41) is 0. The molecule has 3 heterocycles. The normalized spacial score (nSPS) is 16.8. The zero-order chi connectivity index (χ0) is 38.1. The van der Waals surface area contributed by atoms with Crippen molar-refractivity contribution in [3.8, 4) is 45.3 Å². The number of hydrogen-bond acceptors (Lipinski definition) is 11. The minimum atomic E-state index is -0.692. The zero-order valence-electron chi connectivity index (χ0n) is 31.0. The second-order valence-electron chi connectivity index (χ2n) is 13.6. The van der Waals surface area contributed by atoms with Crippen LogP contribution in [-0.4, -0.2) is 81.0 Å². The van der Waals surface area contributed by atoms with Crippen LogP contribution >= 0.6 is 0 Å². The average Bonchev–Trinajstić information content (AvgIpc) is 4.15. The molecule has 0 N–H and O–H groups in total. The monoisotopic (exact) mass is 745 g/mol. The van der Waals surface area contributed by atoms with Crippen LogP contribution in [0.25, 0.3) is 22.3 Å². The zero-order valence-corrected chi connectivity index (χ0v) is 31.0. The van der Waals surface area contributed by atoms with E-state index in [-0.39, 0.29) is 35.8 Å². The molecular formula is C44H43NO10. The molecule has 1 aromatic heterocycles. The van der Waals surface area contributed by atoms with E-state index in [9.17, 15) is 9.59 Å². The number of aryl methyl sites for hydroxylation is 1. The van der Waals surface area contributed by atoms with Crippen molar-refractivity contribution in [2.75, 3.05) is 39.6 Å². The highest BCUT2D eigenvalue weighted by Crippen LogP contribution is 2.27. The summed E-state index contributed by atoms with van der Waals surface area (Å²) < 4.78 is 44.7. The van der Waals surface area contributed by atoms with Crippen molar-refractivity contribution in [1.82, 2.24) is 4.98 Å². The first-order chi connectivity index (χ1) is 26.7. The SMILES string of the molecule is Cc1cc(C(=O)Oc2ccc(-c3ccc(OCC(C)OCC4CO4)cc3)cc2)nc(C(=O)Oc2ccc(-c3ccc(OCC(C)OCC4CO4)cc3)cc2)c1. The fourth-order valence-corrected chi connectivity index (χ4v) is 5.51. The van der Waals surface area contributed by atoms with Crippen LogP contribution in [0, 0.1) is 6.92 Å². The third kappa shape index (κ3) is 11.2. The van der Waals surface area contributed by atoms with Gasteiger partial charge in [0.15, 0.2) is 0 Å². The number of aromatic nitrogens is 1. The molecule has 0 aliphatic carbocycles. The number of esters is 2. The molecule has 0 saturated carbocycles. The van der Waals surface area contributed by atoms with E-state index >= 15 is 0 Å². The van der Waals surface area contributed by atoms with Gasteiger partial charge in [-0.1, -0.05) is 48.5 Å². The fourth-order valence-electron chi connectivity index (χ4n) is 5.51. The van der Waals surface area contributed by atoms with Crippen LogP contribution in [0.1, 0.15) is 40.4 Å². The van der Waals surface area contributed by atoms with Gasteiger partial charge < -0.3 is 37.9 Å². The molecule has 4 unspecified atom stereocenters. The highest BCUT2D eigenvalue weighted by Gasteiger charge is 2.24. The van der Waals surface area contributed by atoms with Crippen molar-refractivity contribution in [2.45, 2.75) is 45.2 Å². The van der Waals surface area contributed by atoms with Crippen molar-refractivity contribution in [3.05, 3.63) is 126 Å². The standard InChI is InChI=1S/C44H43NO10/c1-28-20-41(43(46)54-37-16-8-33(9-17-37)31-4-12-35(13-5-31)50-22-29(2)48-24-39-26-52-39)45-42(21-28)44(47)55-38-18-10-34(11-19-38)32-6-14-36(15-7-32)51-23-30(3)49-25-40-27-53-40/h4-21,29-30,39-40H,22-27H2,1-3H3. The third-order valence-corrected chi connectivity index (χ3v) is 8.80. The molecule has 4 aromatic carbocycles. The third-order valence-electron chi connectivity index (χ3n) is 8.80. The van der Waals surface area contributed by atoms with Gasteiger partial charge >= 0.3 is 11.9 Å². The van der Waals surface area contributed by atoms with Gasteiger partial charge in [-0.05, 0) is 109 Å². The second kappa shape index (κ2) is 17.7. The van der Waals surface area contributed by atoms with Crippen LogP contribution in [0.3, 0.4) is 0 Å². The van der Waals surface area contributed by atoms with Crippen molar-refractivity contribution in [3.63, 3.8) is 0 Å². The number of ether oxygens (including phenoxy) is 8. The maximum absolute atomic E-state index is 13.1. The first kappa shape index (κ1) is 37.7. The van der Waals surface area contributed by atoms with Crippen molar-refractivity contribution in [2.24, 2.45) is 0 Å². The maximum Gasteiger partial charge on any atom is 0.362 e. The van der Waals surface area contributed by atoms with Crippen LogP contribution in [0.2, 0.25) is 0 Å². The Kier molecular flexibility index (Phi) is 12.1. The molecule has 2 fully saturated rings. The average molecular weight is 746 g/mol. The van der Waals surface area contributed by atoms with Gasteiger partial charge in [0, 0.05) is 0 Å². The smallest absolute Gasteiger partial charge is 0.362 e. The topological polar surface area (TPSA) is 127 Å². The molecular weight excluding hydrogens is 702 g/mol. The molecule has 0 spiro atoms. The Morgan fingerprint density at radius 2 is 0.909 bits per heavy atom. The van der Waals surface area contributed by atoms with E-state index < -0.39 is 11.9 Å². The summed E-state index contributed by atoms with van der Waals surface area (Å²) in [5.41, 5.74) is 4.47. The highest BCUT2D eigenvalue weighted by molar-refractivity contribution is 5.93. The number of nitrogens with zero attached hydrogens (tertiary/aromatic N) is 1. The fraction of sp³-hybridized carbons (Fsp3) is 0.295. The Morgan fingerprint density at radius 1 is 0.582 bits per heavy atom. The number of pyridine rings is 1. The molecule has 4 atom stereocenters. The molecule has 2 aliphatic rings. The number of benzene rings is 4. The first-order valence-corrected chi connectivity index (χ1v) is 18.3. The summed E-state index contributed by atoms with van der Waals surface area (Å²) in [5.74, 6) is 0.789. The predicted molar refractivity (Wildman–Crippen MR) is 204 cm³/mol. The predicted octanol–water partition coefficient (Wildman–Crippen LogP) is 7.53. The lowest BCUT2D eigenvalue weighted by molar-refractivity contribution is 0.0241. The molecule has 2 saturated heterocycles. The van der Waals surface area contributed by atoms with Crippen LogP contribution in [0.5, 0.6) is 23.0 Å². The lowest BCUT2D eigenvalue weighted by Gasteiger charge is -2.14. The molecule has 2 aliphatic heterocycles. The van der Waals surface area contributed by atoms with Gasteiger partial charge in [0.1, 0.15) is 59.8 Å². The largest absolute Gasteiger partial charge is 0.491 e. The van der Waals surface area contributed by atoms with Crippen LogP contribution < -0.4 is 18.9 Å². The Morgan fingerprint density at radius 3 is 1.24 bits per heavy atom. The Hall–Kier alpha value is -5.59. The van der Waals surface area contributed by atoms with Crippen LogP contribution in [-0.2, 0) is 18.9 Å². The lowest BCUT2D eigenvalue weighted by atomic mass is 10.1. The maximum atomic E-state index is 13.1. The minimum Gasteiger partial charge on any atom is -0.491 e. The number of rotatable bonds is 18. The Balaban J connectivity index is 0.890. The number of hydrogen-bond donors (Lipinski definition) is 0. The van der Waals surface area contributed by atoms with Gasteiger partial charge in [0.25, 0.3) is 0 Å². The van der Waals surface area contributed by atoms with E-state index in [0.717, 1.165) is 47.0 Å². The minimum absolute atomic E-state index is 0.00942. The van der Waals surface area contributed by atoms with Crippen LogP contribution in [0.4, 0.5) is 0 Å². The molecule has 11 nitrogen and oxygen atoms in total. The number of epoxide rings is 2. The Labute approximate surface area is 320 Å². The van der Waals surface area contributed by atoms with Crippen LogP contribution in [0.15, 0.2) is 109 Å².